The van der Waals surface area contributed by atoms with Crippen LogP contribution in [0.15, 0.2) is 6.07 Å². The molecule has 1 fully saturated rings. The van der Waals surface area contributed by atoms with Gasteiger partial charge < -0.3 is 10.0 Å². The van der Waals surface area contributed by atoms with E-state index in [1.54, 1.807) is 6.92 Å². The summed E-state index contributed by atoms with van der Waals surface area (Å²) in [5, 5.41) is 8.93. The molecule has 2 rings (SSSR count). The van der Waals surface area contributed by atoms with Gasteiger partial charge in [0.25, 0.3) is 0 Å². The van der Waals surface area contributed by atoms with Gasteiger partial charge in [-0.25, -0.2) is 14.8 Å². The van der Waals surface area contributed by atoms with Gasteiger partial charge in [0.2, 0.25) is 5.95 Å². The second-order valence-electron chi connectivity index (χ2n) is 4.02. The molecular formula is C11H15N3O2. The van der Waals surface area contributed by atoms with Crippen LogP contribution in [0.4, 0.5) is 5.95 Å². The summed E-state index contributed by atoms with van der Waals surface area (Å²) in [6.45, 7) is 4.63. The molecule has 16 heavy (non-hydrogen) atoms. The van der Waals surface area contributed by atoms with E-state index < -0.39 is 5.97 Å². The standard InChI is InChI=1S/C11H15N3O2/c1-3-14(8-4-5-8)11-12-7(2)6-9(13-11)10(15)16/h6,8H,3-5H2,1-2H3,(H,15,16). The highest BCUT2D eigenvalue weighted by molar-refractivity contribution is 5.85. The Morgan fingerprint density at radius 3 is 2.75 bits per heavy atom. The second kappa shape index (κ2) is 4.08. The first-order chi connectivity index (χ1) is 7.61. The SMILES string of the molecule is CCN(c1nc(C)cc(C(=O)O)n1)C1CC1. The lowest BCUT2D eigenvalue weighted by atomic mass is 10.3. The van der Waals surface area contributed by atoms with Gasteiger partial charge in [-0.05, 0) is 32.8 Å². The van der Waals surface area contributed by atoms with Crippen molar-refractivity contribution in [3.63, 3.8) is 0 Å². The topological polar surface area (TPSA) is 66.3 Å². The lowest BCUT2D eigenvalue weighted by Crippen LogP contribution is -2.28. The van der Waals surface area contributed by atoms with Gasteiger partial charge in [0, 0.05) is 18.3 Å². The minimum atomic E-state index is -1.00. The van der Waals surface area contributed by atoms with Gasteiger partial charge in [-0.2, -0.15) is 0 Å². The minimum Gasteiger partial charge on any atom is -0.477 e. The van der Waals surface area contributed by atoms with Crippen molar-refractivity contribution in [2.45, 2.75) is 32.7 Å². The van der Waals surface area contributed by atoms with Crippen LogP contribution in [0.3, 0.4) is 0 Å². The third kappa shape index (κ3) is 2.13. The average molecular weight is 221 g/mol. The summed E-state index contributed by atoms with van der Waals surface area (Å²) in [6, 6.07) is 1.99. The molecule has 86 valence electrons. The van der Waals surface area contributed by atoms with E-state index >= 15 is 0 Å². The lowest BCUT2D eigenvalue weighted by Gasteiger charge is -2.20. The number of nitrogens with zero attached hydrogens (tertiary/aromatic N) is 3. The number of hydrogen-bond donors (Lipinski definition) is 1. The largest absolute Gasteiger partial charge is 0.477 e. The molecule has 1 aromatic heterocycles. The molecular weight excluding hydrogens is 206 g/mol. The van der Waals surface area contributed by atoms with Crippen LogP contribution in [0, 0.1) is 6.92 Å². The molecule has 0 aromatic carbocycles. The average Bonchev–Trinajstić information content (AvgIpc) is 3.02. The molecule has 0 spiro atoms. The van der Waals surface area contributed by atoms with Crippen LogP contribution in [0.1, 0.15) is 35.9 Å². The van der Waals surface area contributed by atoms with Gasteiger partial charge in [0.05, 0.1) is 0 Å². The molecule has 0 atom stereocenters. The number of hydrogen-bond acceptors (Lipinski definition) is 4. The molecule has 0 aliphatic heterocycles. The number of aromatic carboxylic acids is 1. The number of carbonyl (C=O) groups is 1. The molecule has 0 amide bonds. The van der Waals surface area contributed by atoms with Crippen molar-refractivity contribution in [2.24, 2.45) is 0 Å². The molecule has 5 heteroatoms. The Morgan fingerprint density at radius 2 is 2.25 bits per heavy atom. The number of aryl methyl sites for hydroxylation is 1. The summed E-state index contributed by atoms with van der Waals surface area (Å²) in [5.41, 5.74) is 0.767. The smallest absolute Gasteiger partial charge is 0.354 e. The van der Waals surface area contributed by atoms with Crippen LogP contribution >= 0.6 is 0 Å². The van der Waals surface area contributed by atoms with E-state index in [9.17, 15) is 4.79 Å². The van der Waals surface area contributed by atoms with Gasteiger partial charge in [0.1, 0.15) is 0 Å². The van der Waals surface area contributed by atoms with E-state index in [-0.39, 0.29) is 5.69 Å². The maximum atomic E-state index is 10.9. The highest BCUT2D eigenvalue weighted by Crippen LogP contribution is 2.29. The lowest BCUT2D eigenvalue weighted by molar-refractivity contribution is 0.0690. The zero-order valence-corrected chi connectivity index (χ0v) is 9.47. The van der Waals surface area contributed by atoms with Crippen molar-refractivity contribution < 1.29 is 9.90 Å². The molecule has 1 heterocycles. The van der Waals surface area contributed by atoms with E-state index in [0.29, 0.717) is 17.7 Å². The van der Waals surface area contributed by atoms with Crippen molar-refractivity contribution in [1.29, 1.82) is 0 Å². The van der Waals surface area contributed by atoms with Crippen LogP contribution in [-0.4, -0.2) is 33.6 Å². The first kappa shape index (κ1) is 10.9. The zero-order valence-electron chi connectivity index (χ0n) is 9.47. The summed E-state index contributed by atoms with van der Waals surface area (Å²) < 4.78 is 0. The van der Waals surface area contributed by atoms with Gasteiger partial charge in [-0.15, -0.1) is 0 Å². The molecule has 5 nitrogen and oxygen atoms in total. The summed E-state index contributed by atoms with van der Waals surface area (Å²) in [4.78, 5) is 21.3. The van der Waals surface area contributed by atoms with Crippen LogP contribution < -0.4 is 4.90 Å². The quantitative estimate of drug-likeness (QED) is 0.834. The fourth-order valence-electron chi connectivity index (χ4n) is 1.74. The number of aromatic nitrogens is 2. The third-order valence-electron chi connectivity index (χ3n) is 2.65. The van der Waals surface area contributed by atoms with Crippen molar-refractivity contribution in [3.8, 4) is 0 Å². The number of anilines is 1. The molecule has 0 bridgehead atoms. The Bertz CT molecular complexity index is 416. The van der Waals surface area contributed by atoms with Gasteiger partial charge in [0.15, 0.2) is 5.69 Å². The van der Waals surface area contributed by atoms with Gasteiger partial charge in [-0.3, -0.25) is 0 Å². The van der Waals surface area contributed by atoms with Crippen molar-refractivity contribution in [1.82, 2.24) is 9.97 Å². The fraction of sp³-hybridized carbons (Fsp3) is 0.545. The Labute approximate surface area is 94.1 Å². The van der Waals surface area contributed by atoms with Crippen molar-refractivity contribution in [3.05, 3.63) is 17.5 Å². The van der Waals surface area contributed by atoms with E-state index in [2.05, 4.69) is 14.9 Å². The van der Waals surface area contributed by atoms with E-state index in [1.165, 1.54) is 6.07 Å². The highest BCUT2D eigenvalue weighted by atomic mass is 16.4. The maximum Gasteiger partial charge on any atom is 0.354 e. The molecule has 0 unspecified atom stereocenters. The van der Waals surface area contributed by atoms with Crippen LogP contribution in [0.5, 0.6) is 0 Å². The predicted octanol–water partition coefficient (Wildman–Crippen LogP) is 1.47. The zero-order chi connectivity index (χ0) is 11.7. The number of carboxylic acids is 1. The maximum absolute atomic E-state index is 10.9. The Balaban J connectivity index is 2.35. The van der Waals surface area contributed by atoms with Crippen molar-refractivity contribution >= 4 is 11.9 Å². The number of rotatable bonds is 4. The minimum absolute atomic E-state index is 0.0709. The summed E-state index contributed by atoms with van der Waals surface area (Å²) in [5.74, 6) is -0.457. The predicted molar refractivity (Wildman–Crippen MR) is 59.8 cm³/mol. The molecule has 1 aromatic rings. The van der Waals surface area contributed by atoms with Crippen LogP contribution in [0.25, 0.3) is 0 Å². The summed E-state index contributed by atoms with van der Waals surface area (Å²) in [6.07, 6.45) is 2.29. The van der Waals surface area contributed by atoms with E-state index in [0.717, 1.165) is 19.4 Å². The Kier molecular flexibility index (Phi) is 2.77. The Hall–Kier alpha value is -1.65. The molecule has 1 aliphatic carbocycles. The van der Waals surface area contributed by atoms with Crippen LogP contribution in [-0.2, 0) is 0 Å². The van der Waals surface area contributed by atoms with Crippen LogP contribution in [0.2, 0.25) is 0 Å². The highest BCUT2D eigenvalue weighted by Gasteiger charge is 2.30. The fourth-order valence-corrected chi connectivity index (χ4v) is 1.74. The first-order valence-electron chi connectivity index (χ1n) is 5.47. The normalized spacial score (nSPS) is 14.9. The third-order valence-corrected chi connectivity index (χ3v) is 2.65. The molecule has 1 saturated carbocycles. The van der Waals surface area contributed by atoms with Gasteiger partial charge in [-0.1, -0.05) is 0 Å². The van der Waals surface area contributed by atoms with E-state index in [4.69, 9.17) is 5.11 Å². The molecule has 0 radical (unpaired) electrons. The summed E-state index contributed by atoms with van der Waals surface area (Å²) in [7, 11) is 0. The summed E-state index contributed by atoms with van der Waals surface area (Å²) >= 11 is 0. The Morgan fingerprint density at radius 1 is 1.56 bits per heavy atom. The first-order valence-corrected chi connectivity index (χ1v) is 5.47. The van der Waals surface area contributed by atoms with Gasteiger partial charge >= 0.3 is 5.97 Å². The molecule has 1 aliphatic rings. The van der Waals surface area contributed by atoms with Crippen molar-refractivity contribution in [2.75, 3.05) is 11.4 Å². The molecule has 1 N–H and O–H groups in total. The second-order valence-corrected chi connectivity index (χ2v) is 4.02. The molecule has 0 saturated heterocycles. The van der Waals surface area contributed by atoms with E-state index in [1.807, 2.05) is 6.92 Å². The number of carboxylic acid groups (broad SMARTS) is 1. The monoisotopic (exact) mass is 221 g/mol.